The number of hydrogen-bond donors (Lipinski definition) is 0. The Labute approximate surface area is 155 Å². The van der Waals surface area contributed by atoms with Crippen LogP contribution >= 0.6 is 0 Å². The average molecular weight is 479 g/mol. The average Bonchev–Trinajstić information content (AvgIpc) is 3.00. The Bertz CT molecular complexity index is 607. The predicted molar refractivity (Wildman–Crippen MR) is 83.9 cm³/mol. The summed E-state index contributed by atoms with van der Waals surface area (Å²) in [5, 5.41) is 0. The van der Waals surface area contributed by atoms with Gasteiger partial charge in [0, 0.05) is 25.8 Å². The number of ether oxygens (including phenoxy) is 2. The van der Waals surface area contributed by atoms with Crippen molar-refractivity contribution < 1.29 is 44.9 Å². The van der Waals surface area contributed by atoms with Gasteiger partial charge >= 0.3 is 11.9 Å². The standard InChI is InChI=1S/C18H20O4.Hf/c1-3-4-12-21-17(19)15-10-7-11-16(13(15)2)18(20)22-14-8-5-6-9-14;/h5-11,14H,3-4,12H2,1-2H3;. The van der Waals surface area contributed by atoms with Gasteiger partial charge in [0.25, 0.3) is 0 Å². The van der Waals surface area contributed by atoms with E-state index in [0.29, 0.717) is 23.3 Å². The summed E-state index contributed by atoms with van der Waals surface area (Å²) in [4.78, 5) is 24.3. The third kappa shape index (κ3) is 5.27. The maximum absolute atomic E-state index is 12.2. The van der Waals surface area contributed by atoms with Crippen molar-refractivity contribution >= 4 is 11.9 Å². The van der Waals surface area contributed by atoms with E-state index in [1.54, 1.807) is 37.3 Å². The van der Waals surface area contributed by atoms with Crippen LogP contribution in [-0.2, 0) is 35.3 Å². The van der Waals surface area contributed by atoms with E-state index in [4.69, 9.17) is 9.47 Å². The Morgan fingerprint density at radius 1 is 1.09 bits per heavy atom. The second kappa shape index (κ2) is 9.60. The van der Waals surface area contributed by atoms with Crippen LogP contribution in [0.5, 0.6) is 0 Å². The van der Waals surface area contributed by atoms with E-state index in [9.17, 15) is 9.59 Å². The number of unbranched alkanes of at least 4 members (excludes halogenated alkanes) is 1. The van der Waals surface area contributed by atoms with Gasteiger partial charge in [-0.3, -0.25) is 0 Å². The Morgan fingerprint density at radius 3 is 2.30 bits per heavy atom. The summed E-state index contributed by atoms with van der Waals surface area (Å²) >= 11 is 0. The fraction of sp³-hybridized carbons (Fsp3) is 0.333. The first-order chi connectivity index (χ1) is 10.6. The molecule has 1 aliphatic rings. The molecule has 1 aliphatic carbocycles. The summed E-state index contributed by atoms with van der Waals surface area (Å²) in [6.07, 6.45) is 8.67. The molecular weight excluding hydrogens is 459 g/mol. The van der Waals surface area contributed by atoms with Gasteiger partial charge in [-0.2, -0.15) is 0 Å². The number of carbonyl (C=O) groups excluding carboxylic acids is 2. The minimum Gasteiger partial charge on any atom is -0.462 e. The van der Waals surface area contributed by atoms with Crippen LogP contribution < -0.4 is 0 Å². The van der Waals surface area contributed by atoms with Crippen LogP contribution in [0.2, 0.25) is 0 Å². The molecule has 0 saturated carbocycles. The van der Waals surface area contributed by atoms with Gasteiger partial charge in [-0.25, -0.2) is 9.59 Å². The van der Waals surface area contributed by atoms with E-state index in [-0.39, 0.29) is 31.9 Å². The van der Waals surface area contributed by atoms with Crippen molar-refractivity contribution in [2.75, 3.05) is 6.61 Å². The number of rotatable bonds is 6. The number of carbonyl (C=O) groups is 2. The minimum atomic E-state index is -0.443. The number of hydrogen-bond acceptors (Lipinski definition) is 4. The number of esters is 2. The first-order valence-electron chi connectivity index (χ1n) is 7.46. The molecule has 0 spiro atoms. The molecule has 0 radical (unpaired) electrons. The van der Waals surface area contributed by atoms with Crippen LogP contribution in [0.25, 0.3) is 0 Å². The van der Waals surface area contributed by atoms with Crippen molar-refractivity contribution in [2.45, 2.75) is 32.8 Å². The van der Waals surface area contributed by atoms with Crippen molar-refractivity contribution in [1.29, 1.82) is 0 Å². The molecule has 0 amide bonds. The fourth-order valence-corrected chi connectivity index (χ4v) is 2.14. The first kappa shape index (κ1) is 19.6. The molecule has 0 heterocycles. The van der Waals surface area contributed by atoms with Crippen molar-refractivity contribution in [3.8, 4) is 0 Å². The van der Waals surface area contributed by atoms with E-state index in [0.717, 1.165) is 12.8 Å². The molecule has 0 bridgehead atoms. The number of benzene rings is 1. The second-order valence-electron chi connectivity index (χ2n) is 5.11. The molecule has 120 valence electrons. The Balaban J connectivity index is 0.00000264. The first-order valence-corrected chi connectivity index (χ1v) is 7.46. The SMILES string of the molecule is CCCCOC(=O)c1cccc(C(=O)OC2C=CC=C2)c1C.[Hf]. The molecule has 1 aromatic rings. The summed E-state index contributed by atoms with van der Waals surface area (Å²) in [7, 11) is 0. The van der Waals surface area contributed by atoms with Crippen LogP contribution in [0.1, 0.15) is 46.0 Å². The van der Waals surface area contributed by atoms with Gasteiger partial charge in [0.1, 0.15) is 6.10 Å². The molecule has 0 aliphatic heterocycles. The fourth-order valence-electron chi connectivity index (χ4n) is 2.14. The smallest absolute Gasteiger partial charge is 0.339 e. The summed E-state index contributed by atoms with van der Waals surface area (Å²) in [5.74, 6) is -0.844. The van der Waals surface area contributed by atoms with Gasteiger partial charge in [-0.15, -0.1) is 0 Å². The van der Waals surface area contributed by atoms with Crippen LogP contribution in [-0.4, -0.2) is 24.6 Å². The Morgan fingerprint density at radius 2 is 1.70 bits per heavy atom. The second-order valence-corrected chi connectivity index (χ2v) is 5.11. The maximum atomic E-state index is 12.2. The largest absolute Gasteiger partial charge is 0.462 e. The van der Waals surface area contributed by atoms with Crippen LogP contribution in [0.4, 0.5) is 0 Å². The van der Waals surface area contributed by atoms with Gasteiger partial charge in [0.05, 0.1) is 17.7 Å². The summed E-state index contributed by atoms with van der Waals surface area (Å²) in [5.41, 5.74) is 1.38. The monoisotopic (exact) mass is 480 g/mol. The van der Waals surface area contributed by atoms with Gasteiger partial charge in [0.15, 0.2) is 0 Å². The van der Waals surface area contributed by atoms with Crippen LogP contribution in [0, 0.1) is 6.92 Å². The van der Waals surface area contributed by atoms with E-state index >= 15 is 0 Å². The molecule has 0 N–H and O–H groups in total. The molecule has 5 heteroatoms. The molecular formula is C18H20HfO4. The molecule has 0 saturated heterocycles. The van der Waals surface area contributed by atoms with Crippen molar-refractivity contribution in [1.82, 2.24) is 0 Å². The summed E-state index contributed by atoms with van der Waals surface area (Å²) in [6.45, 7) is 4.15. The topological polar surface area (TPSA) is 52.6 Å². The van der Waals surface area contributed by atoms with E-state index < -0.39 is 11.9 Å². The molecule has 23 heavy (non-hydrogen) atoms. The van der Waals surface area contributed by atoms with E-state index in [1.807, 2.05) is 19.1 Å². The van der Waals surface area contributed by atoms with E-state index in [2.05, 4.69) is 0 Å². The third-order valence-corrected chi connectivity index (χ3v) is 3.46. The van der Waals surface area contributed by atoms with Crippen molar-refractivity contribution in [3.63, 3.8) is 0 Å². The predicted octanol–water partition coefficient (Wildman–Crippen LogP) is 3.60. The normalized spacial score (nSPS) is 12.8. The zero-order chi connectivity index (χ0) is 15.9. The molecule has 0 fully saturated rings. The van der Waals surface area contributed by atoms with Crippen molar-refractivity contribution in [2.24, 2.45) is 0 Å². The Hall–Kier alpha value is -1.49. The van der Waals surface area contributed by atoms with Gasteiger partial charge in [-0.05, 0) is 43.2 Å². The zero-order valence-electron chi connectivity index (χ0n) is 13.4. The van der Waals surface area contributed by atoms with Gasteiger partial charge in [0.2, 0.25) is 0 Å². The zero-order valence-corrected chi connectivity index (χ0v) is 17.0. The molecule has 0 atom stereocenters. The number of allylic oxidation sites excluding steroid dienone is 2. The maximum Gasteiger partial charge on any atom is 0.339 e. The quantitative estimate of drug-likeness (QED) is 0.356. The molecule has 0 unspecified atom stereocenters. The Kier molecular flexibility index (Phi) is 8.17. The minimum absolute atomic E-state index is 0. The molecule has 1 aromatic carbocycles. The van der Waals surface area contributed by atoms with Gasteiger partial charge < -0.3 is 9.47 Å². The molecule has 2 rings (SSSR count). The molecule has 0 aromatic heterocycles. The third-order valence-electron chi connectivity index (χ3n) is 3.46. The summed E-state index contributed by atoms with van der Waals surface area (Å²) in [6, 6.07) is 4.99. The summed E-state index contributed by atoms with van der Waals surface area (Å²) < 4.78 is 10.6. The van der Waals surface area contributed by atoms with Crippen LogP contribution in [0.3, 0.4) is 0 Å². The van der Waals surface area contributed by atoms with Crippen LogP contribution in [0.15, 0.2) is 42.5 Å². The van der Waals surface area contributed by atoms with Crippen molar-refractivity contribution in [3.05, 3.63) is 59.2 Å². The molecule has 4 nitrogen and oxygen atoms in total. The van der Waals surface area contributed by atoms with Gasteiger partial charge in [-0.1, -0.05) is 31.6 Å². The van der Waals surface area contributed by atoms with E-state index in [1.165, 1.54) is 0 Å².